The molecule has 0 aliphatic rings. The van der Waals surface area contributed by atoms with Gasteiger partial charge in [-0.05, 0) is 31.2 Å². The van der Waals surface area contributed by atoms with Gasteiger partial charge in [0.05, 0.1) is 15.6 Å². The van der Waals surface area contributed by atoms with Crippen molar-refractivity contribution in [2.45, 2.75) is 13.0 Å². The summed E-state index contributed by atoms with van der Waals surface area (Å²) in [6.45, 7) is 1.33. The maximum Gasteiger partial charge on any atom is 0.345 e. The van der Waals surface area contributed by atoms with Crippen LogP contribution in [0.15, 0.2) is 42.5 Å². The molecule has 0 spiro atoms. The van der Waals surface area contributed by atoms with Crippen LogP contribution in [0, 0.1) is 10.1 Å². The second-order valence-electron chi connectivity index (χ2n) is 4.94. The van der Waals surface area contributed by atoms with Crippen LogP contribution in [0.1, 0.15) is 17.3 Å². The van der Waals surface area contributed by atoms with Crippen molar-refractivity contribution in [2.75, 3.05) is 5.32 Å². The lowest BCUT2D eigenvalue weighted by molar-refractivity contribution is -0.385. The number of ether oxygens (including phenoxy) is 1. The molecule has 0 aliphatic heterocycles. The molecule has 0 radical (unpaired) electrons. The quantitative estimate of drug-likeness (QED) is 0.477. The minimum Gasteiger partial charge on any atom is -0.449 e. The number of nitrogens with zero attached hydrogens (tertiary/aromatic N) is 1. The number of hydrogen-bond donors (Lipinski definition) is 1. The molecule has 130 valence electrons. The first-order valence-corrected chi connectivity index (χ1v) is 7.75. The zero-order valence-corrected chi connectivity index (χ0v) is 14.4. The Bertz CT molecular complexity index is 841. The SMILES string of the molecule is C[C@H](OC(=O)c1ccccc1[N+](=O)[O-])C(=O)Nc1cc(Cl)ccc1Cl. The number of nitro benzene ring substituents is 1. The third-order valence-corrected chi connectivity index (χ3v) is 3.72. The molecule has 1 amide bonds. The van der Waals surface area contributed by atoms with E-state index < -0.39 is 28.6 Å². The number of anilines is 1. The smallest absolute Gasteiger partial charge is 0.345 e. The van der Waals surface area contributed by atoms with Crippen LogP contribution in [0.3, 0.4) is 0 Å². The number of amides is 1. The van der Waals surface area contributed by atoms with E-state index in [9.17, 15) is 19.7 Å². The predicted molar refractivity (Wildman–Crippen MR) is 93.1 cm³/mol. The monoisotopic (exact) mass is 382 g/mol. The fraction of sp³-hybridized carbons (Fsp3) is 0.125. The van der Waals surface area contributed by atoms with Crippen molar-refractivity contribution in [3.05, 3.63) is 68.2 Å². The molecule has 9 heteroatoms. The molecule has 0 heterocycles. The van der Waals surface area contributed by atoms with Crippen molar-refractivity contribution >= 4 is 46.5 Å². The summed E-state index contributed by atoms with van der Waals surface area (Å²) in [7, 11) is 0. The van der Waals surface area contributed by atoms with Crippen molar-refractivity contribution in [1.82, 2.24) is 0 Å². The Morgan fingerprint density at radius 3 is 2.56 bits per heavy atom. The standard InChI is InChI=1S/C16H12Cl2N2O5/c1-9(15(21)19-13-8-10(17)6-7-12(13)18)25-16(22)11-4-2-3-5-14(11)20(23)24/h2-9H,1H3,(H,19,21)/t9-/m0/s1. The van der Waals surface area contributed by atoms with E-state index in [0.717, 1.165) is 0 Å². The maximum absolute atomic E-state index is 12.1. The molecule has 0 bridgehead atoms. The van der Waals surface area contributed by atoms with Gasteiger partial charge in [-0.15, -0.1) is 0 Å². The Morgan fingerprint density at radius 2 is 1.88 bits per heavy atom. The first-order valence-electron chi connectivity index (χ1n) is 7.00. The molecule has 1 atom stereocenters. The Morgan fingerprint density at radius 1 is 1.20 bits per heavy atom. The number of nitrogens with one attached hydrogen (secondary N) is 1. The highest BCUT2D eigenvalue weighted by molar-refractivity contribution is 6.35. The molecular weight excluding hydrogens is 371 g/mol. The second kappa shape index (κ2) is 7.96. The third-order valence-electron chi connectivity index (χ3n) is 3.16. The van der Waals surface area contributed by atoms with Crippen LogP contribution in [0.4, 0.5) is 11.4 Å². The number of hydrogen-bond acceptors (Lipinski definition) is 5. The molecule has 0 fully saturated rings. The number of nitro groups is 1. The van der Waals surface area contributed by atoms with E-state index in [1.54, 1.807) is 6.07 Å². The lowest BCUT2D eigenvalue weighted by Gasteiger charge is -2.14. The van der Waals surface area contributed by atoms with Crippen LogP contribution in [0.25, 0.3) is 0 Å². The molecule has 2 aromatic rings. The van der Waals surface area contributed by atoms with E-state index in [-0.39, 0.29) is 16.3 Å². The fourth-order valence-electron chi connectivity index (χ4n) is 1.91. The number of para-hydroxylation sites is 1. The van der Waals surface area contributed by atoms with Gasteiger partial charge in [0.1, 0.15) is 5.56 Å². The van der Waals surface area contributed by atoms with Gasteiger partial charge in [-0.2, -0.15) is 0 Å². The van der Waals surface area contributed by atoms with Crippen LogP contribution < -0.4 is 5.32 Å². The lowest BCUT2D eigenvalue weighted by Crippen LogP contribution is -2.30. The first-order chi connectivity index (χ1) is 11.8. The molecule has 7 nitrogen and oxygen atoms in total. The highest BCUT2D eigenvalue weighted by atomic mass is 35.5. The van der Waals surface area contributed by atoms with E-state index in [0.29, 0.717) is 5.02 Å². The Labute approximate surface area is 152 Å². The van der Waals surface area contributed by atoms with Gasteiger partial charge in [-0.1, -0.05) is 35.3 Å². The van der Waals surface area contributed by atoms with Crippen molar-refractivity contribution in [2.24, 2.45) is 0 Å². The summed E-state index contributed by atoms with van der Waals surface area (Å²) in [4.78, 5) is 34.5. The molecule has 2 aromatic carbocycles. The minimum atomic E-state index is -1.21. The number of esters is 1. The molecule has 1 N–H and O–H groups in total. The zero-order valence-electron chi connectivity index (χ0n) is 12.9. The second-order valence-corrected chi connectivity index (χ2v) is 5.78. The molecule has 0 saturated carbocycles. The summed E-state index contributed by atoms with van der Waals surface area (Å²) in [5.74, 6) is -1.64. The summed E-state index contributed by atoms with van der Waals surface area (Å²) in [6, 6.07) is 9.80. The highest BCUT2D eigenvalue weighted by Gasteiger charge is 2.25. The van der Waals surface area contributed by atoms with E-state index in [4.69, 9.17) is 27.9 Å². The van der Waals surface area contributed by atoms with Gasteiger partial charge < -0.3 is 10.1 Å². The van der Waals surface area contributed by atoms with E-state index in [1.807, 2.05) is 0 Å². The first kappa shape index (κ1) is 18.7. The topological polar surface area (TPSA) is 98.5 Å². The summed E-state index contributed by atoms with van der Waals surface area (Å²) in [5, 5.41) is 14.1. The number of carbonyl (C=O) groups is 2. The molecule has 0 unspecified atom stereocenters. The van der Waals surface area contributed by atoms with Crippen LogP contribution in [-0.2, 0) is 9.53 Å². The Kier molecular flexibility index (Phi) is 5.95. The normalized spacial score (nSPS) is 11.5. The predicted octanol–water partition coefficient (Wildman–Crippen LogP) is 4.09. The van der Waals surface area contributed by atoms with Crippen molar-refractivity contribution in [3.63, 3.8) is 0 Å². The minimum absolute atomic E-state index is 0.243. The van der Waals surface area contributed by atoms with Gasteiger partial charge in [0, 0.05) is 11.1 Å². The lowest BCUT2D eigenvalue weighted by atomic mass is 10.2. The van der Waals surface area contributed by atoms with Gasteiger partial charge in [0.25, 0.3) is 11.6 Å². The Balaban J connectivity index is 2.10. The summed E-state index contributed by atoms with van der Waals surface area (Å²) < 4.78 is 5.00. The molecule has 2 rings (SSSR count). The molecule has 0 aliphatic carbocycles. The van der Waals surface area contributed by atoms with Crippen molar-refractivity contribution in [3.8, 4) is 0 Å². The molecule has 0 aromatic heterocycles. The van der Waals surface area contributed by atoms with E-state index in [2.05, 4.69) is 5.32 Å². The third kappa shape index (κ3) is 4.68. The maximum atomic E-state index is 12.1. The zero-order chi connectivity index (χ0) is 18.6. The Hall–Kier alpha value is -2.64. The van der Waals surface area contributed by atoms with Crippen LogP contribution in [-0.4, -0.2) is 22.9 Å². The van der Waals surface area contributed by atoms with Crippen LogP contribution in [0.2, 0.25) is 10.0 Å². The number of rotatable bonds is 5. The summed E-state index contributed by atoms with van der Waals surface area (Å²) in [6.07, 6.45) is -1.21. The largest absolute Gasteiger partial charge is 0.449 e. The van der Waals surface area contributed by atoms with Crippen molar-refractivity contribution < 1.29 is 19.2 Å². The number of benzene rings is 2. The van der Waals surface area contributed by atoms with Gasteiger partial charge in [-0.25, -0.2) is 4.79 Å². The van der Waals surface area contributed by atoms with Gasteiger partial charge in [0.15, 0.2) is 6.10 Å². The van der Waals surface area contributed by atoms with Crippen LogP contribution in [0.5, 0.6) is 0 Å². The average molecular weight is 383 g/mol. The number of carbonyl (C=O) groups excluding carboxylic acids is 2. The highest BCUT2D eigenvalue weighted by Crippen LogP contribution is 2.26. The molecule has 0 saturated heterocycles. The van der Waals surface area contributed by atoms with E-state index in [1.165, 1.54) is 43.3 Å². The molecular formula is C16H12Cl2N2O5. The van der Waals surface area contributed by atoms with Crippen molar-refractivity contribution in [1.29, 1.82) is 0 Å². The van der Waals surface area contributed by atoms with E-state index >= 15 is 0 Å². The summed E-state index contributed by atoms with van der Waals surface area (Å²) in [5.41, 5.74) is -0.390. The van der Waals surface area contributed by atoms with Crippen LogP contribution >= 0.6 is 23.2 Å². The average Bonchev–Trinajstić information content (AvgIpc) is 2.57. The molecule has 25 heavy (non-hydrogen) atoms. The number of halogens is 2. The fourth-order valence-corrected chi connectivity index (χ4v) is 2.25. The van der Waals surface area contributed by atoms with Gasteiger partial charge in [-0.3, -0.25) is 14.9 Å². The van der Waals surface area contributed by atoms with Gasteiger partial charge in [0.2, 0.25) is 0 Å². The van der Waals surface area contributed by atoms with Gasteiger partial charge >= 0.3 is 5.97 Å². The summed E-state index contributed by atoms with van der Waals surface area (Å²) >= 11 is 11.8.